The maximum Gasteiger partial charge on any atom is 0.267 e. The average Bonchev–Trinajstić information content (AvgIpc) is 2.72. The van der Waals surface area contributed by atoms with E-state index in [1.54, 1.807) is 36.5 Å². The molecule has 0 aliphatic rings. The number of pyridine rings is 1. The predicted octanol–water partition coefficient (Wildman–Crippen LogP) is 1.24. The summed E-state index contributed by atoms with van der Waals surface area (Å²) in [5.41, 5.74) is 1.40. The average molecular weight is 435 g/mol. The van der Waals surface area contributed by atoms with Crippen LogP contribution >= 0.6 is 12.2 Å². The number of nitrogens with zero attached hydrogens (tertiary/aromatic N) is 1. The first-order valence-electron chi connectivity index (χ1n) is 8.64. The molecule has 2 rings (SSSR count). The molecule has 1 amide bonds. The topological polar surface area (TPSA) is 109 Å². The van der Waals surface area contributed by atoms with Gasteiger partial charge in [0.2, 0.25) is 5.91 Å². The Hall–Kier alpha value is -2.98. The van der Waals surface area contributed by atoms with Crippen LogP contribution in [0.15, 0.2) is 53.6 Å². The van der Waals surface area contributed by atoms with Gasteiger partial charge in [0.25, 0.3) is 10.0 Å². The van der Waals surface area contributed by atoms with Crippen LogP contribution in [0.2, 0.25) is 0 Å². The van der Waals surface area contributed by atoms with E-state index in [9.17, 15) is 13.2 Å². The lowest BCUT2D eigenvalue weighted by Crippen LogP contribution is -2.37. The molecule has 154 valence electrons. The third-order valence-electron chi connectivity index (χ3n) is 3.78. The lowest BCUT2D eigenvalue weighted by molar-refractivity contribution is -0.116. The van der Waals surface area contributed by atoms with Gasteiger partial charge in [-0.05, 0) is 54.5 Å². The van der Waals surface area contributed by atoms with Crippen molar-refractivity contribution in [3.05, 3.63) is 59.9 Å². The standard InChI is InChI=1S/C19H22N4O4S2/c1-20-19(28)23-29(25,26)17-13-14(6-8-16(17)27-2)10-12-22-18(24)9-7-15-5-3-4-11-21-15/h3-9,11,13H,10,12H2,1-2H3,(H,22,24)(H2,20,23,28). The van der Waals surface area contributed by atoms with E-state index in [2.05, 4.69) is 20.3 Å². The molecule has 3 N–H and O–H groups in total. The van der Waals surface area contributed by atoms with Crippen molar-refractivity contribution in [3.63, 3.8) is 0 Å². The van der Waals surface area contributed by atoms with E-state index in [0.717, 1.165) is 5.56 Å². The van der Waals surface area contributed by atoms with Crippen LogP contribution in [0, 0.1) is 0 Å². The second kappa shape index (κ2) is 10.5. The summed E-state index contributed by atoms with van der Waals surface area (Å²) >= 11 is 4.87. The second-order valence-corrected chi connectivity index (χ2v) is 7.86. The molecule has 0 radical (unpaired) electrons. The van der Waals surface area contributed by atoms with E-state index >= 15 is 0 Å². The third kappa shape index (κ3) is 6.84. The SMILES string of the molecule is CNC(=S)NS(=O)(=O)c1cc(CCNC(=O)C=Cc2ccccn2)ccc1OC. The highest BCUT2D eigenvalue weighted by Crippen LogP contribution is 2.25. The van der Waals surface area contributed by atoms with Crippen molar-refractivity contribution in [1.29, 1.82) is 0 Å². The zero-order valence-corrected chi connectivity index (χ0v) is 17.6. The molecule has 0 unspecified atom stereocenters. The van der Waals surface area contributed by atoms with Crippen molar-refractivity contribution in [2.45, 2.75) is 11.3 Å². The fourth-order valence-electron chi connectivity index (χ4n) is 2.34. The van der Waals surface area contributed by atoms with Crippen molar-refractivity contribution in [2.75, 3.05) is 20.7 Å². The van der Waals surface area contributed by atoms with Gasteiger partial charge in [-0.25, -0.2) is 8.42 Å². The molecule has 0 aliphatic carbocycles. The highest BCUT2D eigenvalue weighted by atomic mass is 32.2. The number of hydrogen-bond donors (Lipinski definition) is 3. The molecule has 29 heavy (non-hydrogen) atoms. The number of hydrogen-bond acceptors (Lipinski definition) is 6. The molecule has 0 bridgehead atoms. The van der Waals surface area contributed by atoms with Gasteiger partial charge in [-0.2, -0.15) is 0 Å². The van der Waals surface area contributed by atoms with Crippen molar-refractivity contribution >= 4 is 39.3 Å². The highest BCUT2D eigenvalue weighted by Gasteiger charge is 2.21. The van der Waals surface area contributed by atoms with Crippen LogP contribution in [0.4, 0.5) is 0 Å². The molecule has 0 saturated heterocycles. The van der Waals surface area contributed by atoms with Crippen LogP contribution in [-0.4, -0.2) is 45.1 Å². The molecule has 10 heteroatoms. The van der Waals surface area contributed by atoms with Gasteiger partial charge in [-0.3, -0.25) is 14.5 Å². The molecule has 0 fully saturated rings. The van der Waals surface area contributed by atoms with Gasteiger partial charge in [0, 0.05) is 25.9 Å². The summed E-state index contributed by atoms with van der Waals surface area (Å²) in [7, 11) is -0.997. The number of ether oxygens (including phenoxy) is 1. The zero-order valence-electron chi connectivity index (χ0n) is 16.0. The van der Waals surface area contributed by atoms with Crippen LogP contribution in [0.25, 0.3) is 6.08 Å². The molecule has 1 aromatic carbocycles. The van der Waals surface area contributed by atoms with Gasteiger partial charge in [0.15, 0.2) is 5.11 Å². The van der Waals surface area contributed by atoms with Gasteiger partial charge in [0.1, 0.15) is 10.6 Å². The predicted molar refractivity (Wildman–Crippen MR) is 115 cm³/mol. The van der Waals surface area contributed by atoms with Crippen LogP contribution < -0.4 is 20.1 Å². The Labute approximate surface area is 175 Å². The van der Waals surface area contributed by atoms with Gasteiger partial charge in [-0.1, -0.05) is 12.1 Å². The van der Waals surface area contributed by atoms with Crippen molar-refractivity contribution < 1.29 is 17.9 Å². The number of aromatic nitrogens is 1. The molecule has 0 spiro atoms. The number of carbonyl (C=O) groups is 1. The lowest BCUT2D eigenvalue weighted by atomic mass is 10.1. The number of thiocarbonyl (C=S) groups is 1. The Balaban J connectivity index is 2.01. The Morgan fingerprint density at radius 3 is 2.72 bits per heavy atom. The molecule has 1 aromatic heterocycles. The monoisotopic (exact) mass is 434 g/mol. The summed E-state index contributed by atoms with van der Waals surface area (Å²) in [4.78, 5) is 16.0. The Bertz CT molecular complexity index is 993. The van der Waals surface area contributed by atoms with Crippen LogP contribution in [0.5, 0.6) is 5.75 Å². The molecule has 0 aliphatic heterocycles. The number of amides is 1. The first kappa shape index (κ1) is 22.3. The molecular weight excluding hydrogens is 412 g/mol. The lowest BCUT2D eigenvalue weighted by Gasteiger charge is -2.13. The minimum absolute atomic E-state index is 0.0237. The fraction of sp³-hybridized carbons (Fsp3) is 0.211. The summed E-state index contributed by atoms with van der Waals surface area (Å²) < 4.78 is 32.5. The molecule has 0 atom stereocenters. The first-order chi connectivity index (χ1) is 13.9. The smallest absolute Gasteiger partial charge is 0.267 e. The fourth-order valence-corrected chi connectivity index (χ4v) is 3.85. The number of sulfonamides is 1. The highest BCUT2D eigenvalue weighted by molar-refractivity contribution is 7.92. The van der Waals surface area contributed by atoms with Crippen molar-refractivity contribution in [1.82, 2.24) is 20.3 Å². The summed E-state index contributed by atoms with van der Waals surface area (Å²) in [5.74, 6) is -0.0690. The van der Waals surface area contributed by atoms with Gasteiger partial charge in [0.05, 0.1) is 12.8 Å². The quantitative estimate of drug-likeness (QED) is 0.424. The number of methoxy groups -OCH3 is 1. The molecular formula is C19H22N4O4S2. The second-order valence-electron chi connectivity index (χ2n) is 5.80. The number of nitrogens with one attached hydrogen (secondary N) is 3. The van der Waals surface area contributed by atoms with Crippen LogP contribution in [-0.2, 0) is 21.2 Å². The van der Waals surface area contributed by atoms with Gasteiger partial charge < -0.3 is 15.4 Å². The molecule has 0 saturated carbocycles. The van der Waals surface area contributed by atoms with Gasteiger partial charge in [-0.15, -0.1) is 0 Å². The van der Waals surface area contributed by atoms with Crippen molar-refractivity contribution in [3.8, 4) is 5.75 Å². The number of benzene rings is 1. The summed E-state index contributed by atoms with van der Waals surface area (Å²) in [6, 6.07) is 10.2. The number of rotatable bonds is 8. The van der Waals surface area contributed by atoms with E-state index in [4.69, 9.17) is 17.0 Å². The Morgan fingerprint density at radius 1 is 1.28 bits per heavy atom. The zero-order chi connectivity index (χ0) is 21.3. The van der Waals surface area contributed by atoms with Crippen molar-refractivity contribution in [2.24, 2.45) is 0 Å². The van der Waals surface area contributed by atoms with E-state index in [-0.39, 0.29) is 21.7 Å². The Morgan fingerprint density at radius 2 is 2.07 bits per heavy atom. The minimum Gasteiger partial charge on any atom is -0.495 e. The summed E-state index contributed by atoms with van der Waals surface area (Å²) in [6.07, 6.45) is 5.09. The van der Waals surface area contributed by atoms with E-state index < -0.39 is 10.0 Å². The van der Waals surface area contributed by atoms with E-state index in [1.165, 1.54) is 26.3 Å². The number of carbonyl (C=O) groups excluding carboxylic acids is 1. The van der Waals surface area contributed by atoms with E-state index in [0.29, 0.717) is 18.7 Å². The maximum absolute atomic E-state index is 12.5. The maximum atomic E-state index is 12.5. The van der Waals surface area contributed by atoms with E-state index in [1.807, 2.05) is 6.07 Å². The van der Waals surface area contributed by atoms with Gasteiger partial charge >= 0.3 is 0 Å². The van der Waals surface area contributed by atoms with Crippen LogP contribution in [0.1, 0.15) is 11.3 Å². The third-order valence-corrected chi connectivity index (χ3v) is 5.58. The first-order valence-corrected chi connectivity index (χ1v) is 10.5. The summed E-state index contributed by atoms with van der Waals surface area (Å²) in [5, 5.41) is 5.28. The largest absolute Gasteiger partial charge is 0.495 e. The Kier molecular flexibility index (Phi) is 8.10. The van der Waals surface area contributed by atoms with Crippen LogP contribution in [0.3, 0.4) is 0 Å². The molecule has 8 nitrogen and oxygen atoms in total. The normalized spacial score (nSPS) is 11.1. The molecule has 2 aromatic rings. The minimum atomic E-state index is -3.90. The summed E-state index contributed by atoms with van der Waals surface area (Å²) in [6.45, 7) is 0.333. The molecule has 1 heterocycles.